The zero-order valence-corrected chi connectivity index (χ0v) is 18.7. The summed E-state index contributed by atoms with van der Waals surface area (Å²) in [6.07, 6.45) is 2.98. The van der Waals surface area contributed by atoms with E-state index < -0.39 is 11.8 Å². The number of thiophene rings is 1. The van der Waals surface area contributed by atoms with Gasteiger partial charge >= 0.3 is 0 Å². The first kappa shape index (κ1) is 22.3. The molecule has 1 heterocycles. The van der Waals surface area contributed by atoms with Gasteiger partial charge in [-0.15, -0.1) is 11.3 Å². The molecule has 1 aromatic heterocycles. The van der Waals surface area contributed by atoms with E-state index in [1.165, 1.54) is 24.7 Å². The minimum Gasteiger partial charge on any atom is -0.503 e. The number of amides is 2. The Morgan fingerprint density at radius 3 is 2.61 bits per heavy atom. The highest BCUT2D eigenvalue weighted by Crippen LogP contribution is 2.34. The monoisotopic (exact) mass is 499 g/mol. The number of nitrogens with zero attached hydrogens (tertiary/aromatic N) is 1. The Morgan fingerprint density at radius 1 is 1.16 bits per heavy atom. The van der Waals surface area contributed by atoms with Gasteiger partial charge < -0.3 is 15.2 Å². The van der Waals surface area contributed by atoms with Gasteiger partial charge in [0, 0.05) is 10.4 Å². The Balaban J connectivity index is 1.77. The third-order valence-corrected chi connectivity index (χ3v) is 5.43. The van der Waals surface area contributed by atoms with Crippen molar-refractivity contribution in [3.05, 3.63) is 86.2 Å². The number of benzene rings is 2. The van der Waals surface area contributed by atoms with Gasteiger partial charge in [0.1, 0.15) is 5.70 Å². The molecule has 0 aliphatic rings. The first-order valence-electron chi connectivity index (χ1n) is 8.99. The summed E-state index contributed by atoms with van der Waals surface area (Å²) in [6, 6.07) is 15.5. The van der Waals surface area contributed by atoms with E-state index in [4.69, 9.17) is 4.74 Å². The van der Waals surface area contributed by atoms with E-state index in [2.05, 4.69) is 31.8 Å². The summed E-state index contributed by atoms with van der Waals surface area (Å²) in [4.78, 5) is 26.0. The van der Waals surface area contributed by atoms with Crippen LogP contribution in [0.25, 0.3) is 6.08 Å². The van der Waals surface area contributed by atoms with Gasteiger partial charge in [0.2, 0.25) is 0 Å². The summed E-state index contributed by atoms with van der Waals surface area (Å²) in [5, 5.41) is 18.3. The third kappa shape index (κ3) is 6.03. The maximum absolute atomic E-state index is 12.7. The first-order valence-corrected chi connectivity index (χ1v) is 10.7. The van der Waals surface area contributed by atoms with Crippen LogP contribution in [-0.2, 0) is 4.79 Å². The molecule has 0 saturated carbocycles. The molecule has 0 radical (unpaired) electrons. The number of phenolic OH excluding ortho intramolecular Hbond substituents is 1. The number of ether oxygens (including phenoxy) is 1. The highest BCUT2D eigenvalue weighted by molar-refractivity contribution is 9.10. The topological polar surface area (TPSA) is 100 Å². The van der Waals surface area contributed by atoms with Crippen LogP contribution >= 0.6 is 27.3 Å². The van der Waals surface area contributed by atoms with Crippen LogP contribution in [0, 0.1) is 0 Å². The van der Waals surface area contributed by atoms with Crippen molar-refractivity contribution < 1.29 is 19.4 Å². The van der Waals surface area contributed by atoms with Gasteiger partial charge in [-0.05, 0) is 63.3 Å². The summed E-state index contributed by atoms with van der Waals surface area (Å²) in [5.74, 6) is -0.766. The predicted molar refractivity (Wildman–Crippen MR) is 124 cm³/mol. The van der Waals surface area contributed by atoms with Crippen LogP contribution in [0.3, 0.4) is 0 Å². The summed E-state index contributed by atoms with van der Waals surface area (Å²) >= 11 is 4.66. The van der Waals surface area contributed by atoms with E-state index >= 15 is 0 Å². The Bertz CT molecular complexity index is 1130. The molecule has 0 bridgehead atoms. The number of aromatic hydroxyl groups is 1. The second-order valence-corrected chi connectivity index (χ2v) is 7.98. The Kier molecular flexibility index (Phi) is 7.58. The molecule has 0 atom stereocenters. The minimum absolute atomic E-state index is 0.0338. The Hall–Kier alpha value is -3.43. The molecular formula is C22H18BrN3O4S. The molecule has 0 fully saturated rings. The van der Waals surface area contributed by atoms with E-state index in [0.29, 0.717) is 15.6 Å². The molecule has 0 saturated heterocycles. The van der Waals surface area contributed by atoms with Gasteiger partial charge in [0.15, 0.2) is 11.5 Å². The van der Waals surface area contributed by atoms with E-state index in [9.17, 15) is 14.7 Å². The lowest BCUT2D eigenvalue weighted by Gasteiger charge is -2.09. The van der Waals surface area contributed by atoms with Crippen LogP contribution in [0.5, 0.6) is 11.5 Å². The fourth-order valence-electron chi connectivity index (χ4n) is 2.51. The number of nitrogens with one attached hydrogen (secondary N) is 2. The molecule has 2 amide bonds. The van der Waals surface area contributed by atoms with Crippen molar-refractivity contribution in [3.63, 3.8) is 0 Å². The normalized spacial score (nSPS) is 11.4. The Labute approximate surface area is 191 Å². The van der Waals surface area contributed by atoms with Crippen LogP contribution in [0.1, 0.15) is 20.8 Å². The molecule has 0 spiro atoms. The predicted octanol–water partition coefficient (Wildman–Crippen LogP) is 4.15. The highest BCUT2D eigenvalue weighted by Gasteiger charge is 2.14. The smallest absolute Gasteiger partial charge is 0.287 e. The number of carbonyl (C=O) groups is 2. The van der Waals surface area contributed by atoms with E-state index in [1.54, 1.807) is 48.5 Å². The van der Waals surface area contributed by atoms with E-state index in [0.717, 1.165) is 4.88 Å². The molecule has 158 valence electrons. The number of hydrogen-bond acceptors (Lipinski definition) is 6. The maximum Gasteiger partial charge on any atom is 0.287 e. The molecular weight excluding hydrogens is 482 g/mol. The molecule has 7 nitrogen and oxygen atoms in total. The number of hydrogen-bond donors (Lipinski definition) is 3. The van der Waals surface area contributed by atoms with Gasteiger partial charge in [-0.3, -0.25) is 9.59 Å². The van der Waals surface area contributed by atoms with Crippen molar-refractivity contribution in [2.45, 2.75) is 0 Å². The Morgan fingerprint density at radius 2 is 1.94 bits per heavy atom. The van der Waals surface area contributed by atoms with Crippen molar-refractivity contribution in [2.24, 2.45) is 5.10 Å². The third-order valence-electron chi connectivity index (χ3n) is 4.01. The van der Waals surface area contributed by atoms with Gasteiger partial charge in [0.25, 0.3) is 11.8 Å². The number of hydrazone groups is 1. The average Bonchev–Trinajstić information content (AvgIpc) is 3.29. The molecule has 9 heteroatoms. The van der Waals surface area contributed by atoms with Crippen molar-refractivity contribution in [1.29, 1.82) is 0 Å². The SMILES string of the molecule is COc1cc(/C=N\NC(=O)/C(=C/c2cccs2)NC(=O)c2ccccc2)cc(Br)c1O. The summed E-state index contributed by atoms with van der Waals surface area (Å²) in [6.45, 7) is 0. The van der Waals surface area contributed by atoms with Gasteiger partial charge in [-0.25, -0.2) is 5.43 Å². The standard InChI is InChI=1S/C22H18BrN3O4S/c1-30-19-11-14(10-17(23)20(19)27)13-24-26-22(29)18(12-16-8-5-9-31-16)25-21(28)15-6-3-2-4-7-15/h2-13,27H,1H3,(H,25,28)(H,26,29)/b18-12-,24-13-. The van der Waals surface area contributed by atoms with Crippen molar-refractivity contribution >= 4 is 51.4 Å². The minimum atomic E-state index is -0.584. The lowest BCUT2D eigenvalue weighted by atomic mass is 10.2. The van der Waals surface area contributed by atoms with Crippen LogP contribution in [-0.4, -0.2) is 30.2 Å². The van der Waals surface area contributed by atoms with Crippen molar-refractivity contribution in [2.75, 3.05) is 7.11 Å². The number of rotatable bonds is 7. The molecule has 3 N–H and O–H groups in total. The van der Waals surface area contributed by atoms with E-state index in [-0.39, 0.29) is 17.2 Å². The zero-order chi connectivity index (χ0) is 22.2. The molecule has 0 aliphatic heterocycles. The highest BCUT2D eigenvalue weighted by atomic mass is 79.9. The largest absolute Gasteiger partial charge is 0.503 e. The van der Waals surface area contributed by atoms with Crippen LogP contribution in [0.4, 0.5) is 0 Å². The molecule has 3 rings (SSSR count). The summed E-state index contributed by atoms with van der Waals surface area (Å²) in [5.41, 5.74) is 3.47. The van der Waals surface area contributed by atoms with Gasteiger partial charge in [0.05, 0.1) is 17.8 Å². The second kappa shape index (κ2) is 10.6. The number of phenols is 1. The van der Waals surface area contributed by atoms with Crippen molar-refractivity contribution in [1.82, 2.24) is 10.7 Å². The summed E-state index contributed by atoms with van der Waals surface area (Å²) in [7, 11) is 1.43. The molecule has 2 aromatic carbocycles. The average molecular weight is 500 g/mol. The van der Waals surface area contributed by atoms with E-state index in [1.807, 2.05) is 17.5 Å². The maximum atomic E-state index is 12.7. The van der Waals surface area contributed by atoms with Crippen LogP contribution in [0.2, 0.25) is 0 Å². The molecule has 3 aromatic rings. The lowest BCUT2D eigenvalue weighted by Crippen LogP contribution is -2.32. The zero-order valence-electron chi connectivity index (χ0n) is 16.3. The first-order chi connectivity index (χ1) is 15.0. The molecule has 0 unspecified atom stereocenters. The number of halogens is 1. The quantitative estimate of drug-likeness (QED) is 0.258. The second-order valence-electron chi connectivity index (χ2n) is 6.15. The number of methoxy groups -OCH3 is 1. The fourth-order valence-corrected chi connectivity index (χ4v) is 3.62. The summed E-state index contributed by atoms with van der Waals surface area (Å²) < 4.78 is 5.52. The van der Waals surface area contributed by atoms with Crippen LogP contribution in [0.15, 0.2) is 75.2 Å². The fraction of sp³-hybridized carbons (Fsp3) is 0.0455. The molecule has 31 heavy (non-hydrogen) atoms. The van der Waals surface area contributed by atoms with Gasteiger partial charge in [-0.1, -0.05) is 24.3 Å². The van der Waals surface area contributed by atoms with Crippen molar-refractivity contribution in [3.8, 4) is 11.5 Å². The molecule has 0 aliphatic carbocycles. The lowest BCUT2D eigenvalue weighted by molar-refractivity contribution is -0.117. The van der Waals surface area contributed by atoms with Crippen LogP contribution < -0.4 is 15.5 Å². The van der Waals surface area contributed by atoms with Gasteiger partial charge in [-0.2, -0.15) is 5.10 Å². The number of carbonyl (C=O) groups excluding carboxylic acids is 2.